The number of benzene rings is 2. The number of aromatic hydroxyl groups is 1. The molecule has 6 nitrogen and oxygen atoms in total. The van der Waals surface area contributed by atoms with Gasteiger partial charge in [0.15, 0.2) is 15.6 Å². The Labute approximate surface area is 125 Å². The van der Waals surface area contributed by atoms with E-state index in [0.29, 0.717) is 10.6 Å². The number of hydrogen-bond donors (Lipinski definition) is 1. The normalized spacial score (nSPS) is 11.3. The maximum Gasteiger partial charge on any atom is 0.311 e. The molecular weight excluding hydrogens is 318 g/mol. The van der Waals surface area contributed by atoms with Crippen molar-refractivity contribution >= 4 is 27.1 Å². The van der Waals surface area contributed by atoms with Crippen LogP contribution >= 0.6 is 11.6 Å². The molecule has 0 bridgehead atoms. The van der Waals surface area contributed by atoms with Crippen LogP contribution in [0.5, 0.6) is 5.75 Å². The van der Waals surface area contributed by atoms with Crippen molar-refractivity contribution in [3.05, 3.63) is 63.2 Å². The minimum atomic E-state index is -3.76. The largest absolute Gasteiger partial charge is 0.502 e. The van der Waals surface area contributed by atoms with Gasteiger partial charge in [-0.25, -0.2) is 8.42 Å². The molecule has 0 heterocycles. The summed E-state index contributed by atoms with van der Waals surface area (Å²) >= 11 is 5.72. The molecule has 2 aromatic rings. The van der Waals surface area contributed by atoms with Gasteiger partial charge in [0.05, 0.1) is 15.6 Å². The number of nitro groups is 1. The maximum absolute atomic E-state index is 12.2. The Morgan fingerprint density at radius 2 is 1.76 bits per heavy atom. The van der Waals surface area contributed by atoms with E-state index in [0.717, 1.165) is 18.2 Å². The van der Waals surface area contributed by atoms with Gasteiger partial charge in [-0.1, -0.05) is 23.7 Å². The van der Waals surface area contributed by atoms with Crippen LogP contribution < -0.4 is 0 Å². The van der Waals surface area contributed by atoms with Crippen molar-refractivity contribution in [2.24, 2.45) is 0 Å². The number of hydrogen-bond acceptors (Lipinski definition) is 5. The van der Waals surface area contributed by atoms with Crippen LogP contribution in [0.3, 0.4) is 0 Å². The summed E-state index contributed by atoms with van der Waals surface area (Å²) in [5, 5.41) is 20.6. The summed E-state index contributed by atoms with van der Waals surface area (Å²) < 4.78 is 24.5. The zero-order valence-corrected chi connectivity index (χ0v) is 12.1. The molecule has 0 spiro atoms. The number of phenols is 1. The van der Waals surface area contributed by atoms with E-state index in [1.54, 1.807) is 24.3 Å². The Hall–Kier alpha value is -2.12. The van der Waals surface area contributed by atoms with Crippen molar-refractivity contribution in [3.63, 3.8) is 0 Å². The van der Waals surface area contributed by atoms with E-state index in [9.17, 15) is 23.6 Å². The lowest BCUT2D eigenvalue weighted by molar-refractivity contribution is -0.386. The molecule has 110 valence electrons. The van der Waals surface area contributed by atoms with Crippen LogP contribution in [0.4, 0.5) is 5.69 Å². The average molecular weight is 328 g/mol. The molecule has 8 heteroatoms. The Balaban J connectivity index is 2.38. The van der Waals surface area contributed by atoms with E-state index in [-0.39, 0.29) is 10.6 Å². The van der Waals surface area contributed by atoms with Crippen LogP contribution in [0.15, 0.2) is 47.4 Å². The molecule has 0 radical (unpaired) electrons. The summed E-state index contributed by atoms with van der Waals surface area (Å²) in [5.74, 6) is -0.892. The summed E-state index contributed by atoms with van der Waals surface area (Å²) in [6.07, 6.45) is 0. The highest BCUT2D eigenvalue weighted by Gasteiger charge is 2.21. The number of halogens is 1. The van der Waals surface area contributed by atoms with Crippen LogP contribution in [0.1, 0.15) is 5.56 Å². The summed E-state index contributed by atoms with van der Waals surface area (Å²) in [4.78, 5) is 9.68. The molecule has 21 heavy (non-hydrogen) atoms. The molecule has 0 atom stereocenters. The summed E-state index contributed by atoms with van der Waals surface area (Å²) in [5.41, 5.74) is -0.137. The molecule has 0 saturated carbocycles. The van der Waals surface area contributed by atoms with Gasteiger partial charge in [0.1, 0.15) is 0 Å². The van der Waals surface area contributed by atoms with Crippen LogP contribution in [0, 0.1) is 10.1 Å². The van der Waals surface area contributed by atoms with Gasteiger partial charge in [-0.3, -0.25) is 10.1 Å². The molecule has 0 fully saturated rings. The molecule has 2 aromatic carbocycles. The fraction of sp³-hybridized carbons (Fsp3) is 0.0769. The minimum Gasteiger partial charge on any atom is -0.502 e. The highest BCUT2D eigenvalue weighted by atomic mass is 35.5. The van der Waals surface area contributed by atoms with Gasteiger partial charge in [0.25, 0.3) is 0 Å². The number of nitro benzene ring substituents is 1. The van der Waals surface area contributed by atoms with E-state index in [1.807, 2.05) is 0 Å². The monoisotopic (exact) mass is 327 g/mol. The fourth-order valence-corrected chi connectivity index (χ4v) is 3.22. The molecule has 0 aliphatic rings. The lowest BCUT2D eigenvalue weighted by Crippen LogP contribution is -2.05. The Morgan fingerprint density at radius 1 is 1.14 bits per heavy atom. The van der Waals surface area contributed by atoms with Crippen molar-refractivity contribution in [2.75, 3.05) is 0 Å². The number of sulfone groups is 1. The van der Waals surface area contributed by atoms with Crippen LogP contribution in [-0.2, 0) is 15.6 Å². The Bertz CT molecular complexity index is 787. The van der Waals surface area contributed by atoms with Gasteiger partial charge in [-0.2, -0.15) is 0 Å². The van der Waals surface area contributed by atoms with Gasteiger partial charge < -0.3 is 5.11 Å². The van der Waals surface area contributed by atoms with Crippen LogP contribution in [-0.4, -0.2) is 18.4 Å². The summed E-state index contributed by atoms with van der Waals surface area (Å²) in [6.45, 7) is 0. The second-order valence-corrected chi connectivity index (χ2v) is 6.72. The van der Waals surface area contributed by atoms with Crippen molar-refractivity contribution in [3.8, 4) is 5.75 Å². The molecular formula is C13H10ClNO5S. The van der Waals surface area contributed by atoms with E-state index >= 15 is 0 Å². The van der Waals surface area contributed by atoms with Crippen molar-refractivity contribution in [1.29, 1.82) is 0 Å². The second-order valence-electron chi connectivity index (χ2n) is 4.29. The molecule has 0 aromatic heterocycles. The topological polar surface area (TPSA) is 97.5 Å². The lowest BCUT2D eigenvalue weighted by Gasteiger charge is -2.05. The highest BCUT2D eigenvalue weighted by Crippen LogP contribution is 2.29. The van der Waals surface area contributed by atoms with Crippen molar-refractivity contribution < 1.29 is 18.4 Å². The molecule has 0 unspecified atom stereocenters. The van der Waals surface area contributed by atoms with E-state index < -0.39 is 26.2 Å². The first-order valence-corrected chi connectivity index (χ1v) is 7.77. The molecule has 0 aliphatic heterocycles. The predicted molar refractivity (Wildman–Crippen MR) is 77.1 cm³/mol. The molecule has 2 rings (SSSR count). The Kier molecular flexibility index (Phi) is 4.15. The molecule has 0 aliphatic carbocycles. The Morgan fingerprint density at radius 3 is 2.33 bits per heavy atom. The lowest BCUT2D eigenvalue weighted by atomic mass is 10.2. The van der Waals surface area contributed by atoms with Crippen molar-refractivity contribution in [2.45, 2.75) is 10.6 Å². The summed E-state index contributed by atoms with van der Waals surface area (Å²) in [6, 6.07) is 9.22. The minimum absolute atomic E-state index is 0.220. The maximum atomic E-state index is 12.2. The van der Waals surface area contributed by atoms with Crippen molar-refractivity contribution in [1.82, 2.24) is 0 Å². The zero-order chi connectivity index (χ0) is 15.6. The third kappa shape index (κ3) is 3.50. The van der Waals surface area contributed by atoms with E-state index in [1.165, 1.54) is 0 Å². The first-order chi connectivity index (χ1) is 9.79. The van der Waals surface area contributed by atoms with Gasteiger partial charge in [0.2, 0.25) is 0 Å². The second kappa shape index (κ2) is 5.71. The predicted octanol–water partition coefficient (Wildman–Crippen LogP) is 2.93. The fourth-order valence-electron chi connectivity index (χ4n) is 1.73. The van der Waals surface area contributed by atoms with Crippen LogP contribution in [0.25, 0.3) is 0 Å². The third-order valence-electron chi connectivity index (χ3n) is 2.77. The molecule has 0 amide bonds. The van der Waals surface area contributed by atoms with Crippen LogP contribution in [0.2, 0.25) is 5.02 Å². The number of nitrogens with zero attached hydrogens (tertiary/aromatic N) is 1. The number of phenolic OH excluding ortho intramolecular Hbond substituents is 1. The first kappa shape index (κ1) is 15.3. The average Bonchev–Trinajstić information content (AvgIpc) is 2.41. The molecule has 1 N–H and O–H groups in total. The van der Waals surface area contributed by atoms with E-state index in [4.69, 9.17) is 11.6 Å². The quantitative estimate of drug-likeness (QED) is 0.687. The SMILES string of the molecule is O=[N+]([O-])c1cc(S(=O)(=O)Cc2ccc(Cl)cc2)ccc1O. The third-order valence-corrected chi connectivity index (χ3v) is 4.71. The highest BCUT2D eigenvalue weighted by molar-refractivity contribution is 7.90. The van der Waals surface area contributed by atoms with E-state index in [2.05, 4.69) is 0 Å². The molecule has 0 saturated heterocycles. The summed E-state index contributed by atoms with van der Waals surface area (Å²) in [7, 11) is -3.76. The zero-order valence-electron chi connectivity index (χ0n) is 10.6. The van der Waals surface area contributed by atoms with Gasteiger partial charge >= 0.3 is 5.69 Å². The first-order valence-electron chi connectivity index (χ1n) is 5.74. The van der Waals surface area contributed by atoms with Gasteiger partial charge in [-0.15, -0.1) is 0 Å². The standard InChI is InChI=1S/C13H10ClNO5S/c14-10-3-1-9(2-4-10)8-21(19,20)11-5-6-13(16)12(7-11)15(17)18/h1-7,16H,8H2. The number of rotatable bonds is 4. The van der Waals surface area contributed by atoms with Gasteiger partial charge in [-0.05, 0) is 29.8 Å². The van der Waals surface area contributed by atoms with Gasteiger partial charge in [0, 0.05) is 11.1 Å². The smallest absolute Gasteiger partial charge is 0.311 e.